The summed E-state index contributed by atoms with van der Waals surface area (Å²) in [6.07, 6.45) is 0.637. The van der Waals surface area contributed by atoms with Gasteiger partial charge in [-0.05, 0) is 17.8 Å². The Morgan fingerprint density at radius 3 is 2.54 bits per heavy atom. The Hall–Kier alpha value is -2.74. The van der Waals surface area contributed by atoms with Crippen LogP contribution < -0.4 is 5.56 Å². The van der Waals surface area contributed by atoms with Gasteiger partial charge in [-0.3, -0.25) is 18.7 Å². The Morgan fingerprint density at radius 1 is 1.27 bits per heavy atom. The summed E-state index contributed by atoms with van der Waals surface area (Å²) < 4.78 is 2.85. The number of nitrogens with zero attached hydrogens (tertiary/aromatic N) is 4. The molecule has 136 valence electrons. The Labute approximate surface area is 155 Å². The van der Waals surface area contributed by atoms with Gasteiger partial charge in [-0.1, -0.05) is 37.3 Å². The Balaban J connectivity index is 2.15. The van der Waals surface area contributed by atoms with Crippen LogP contribution in [0.2, 0.25) is 0 Å². The molecule has 0 saturated heterocycles. The van der Waals surface area contributed by atoms with Gasteiger partial charge in [0.25, 0.3) is 5.56 Å². The second kappa shape index (κ2) is 6.87. The number of carbonyl (C=O) groups excluding carboxylic acids is 1. The fraction of sp³-hybridized carbons (Fsp3) is 0.333. The molecule has 0 saturated carbocycles. The fourth-order valence-electron chi connectivity index (χ4n) is 3.07. The molecular formula is C18H20N4O3S. The molecule has 2 aromatic rings. The molecule has 0 aliphatic carbocycles. The first-order valence-corrected chi connectivity index (χ1v) is 8.71. The number of aromatic hydroxyl groups is 1. The molecular weight excluding hydrogens is 352 g/mol. The smallest absolute Gasteiger partial charge is 0.267 e. The summed E-state index contributed by atoms with van der Waals surface area (Å²) in [5, 5.41) is 16.3. The van der Waals surface area contributed by atoms with Crippen LogP contribution in [0.5, 0.6) is 5.88 Å². The summed E-state index contributed by atoms with van der Waals surface area (Å²) >= 11 is 5.15. The Morgan fingerprint density at radius 2 is 1.92 bits per heavy atom. The van der Waals surface area contributed by atoms with E-state index < -0.39 is 5.56 Å². The maximum Gasteiger partial charge on any atom is 0.267 e. The molecule has 1 aliphatic heterocycles. The first kappa shape index (κ1) is 18.1. The van der Waals surface area contributed by atoms with Crippen molar-refractivity contribution in [2.24, 2.45) is 19.2 Å². The molecule has 0 radical (unpaired) electrons. The lowest BCUT2D eigenvalue weighted by Crippen LogP contribution is -2.28. The number of hydrogen-bond donors (Lipinski definition) is 1. The molecule has 7 nitrogen and oxygen atoms in total. The summed E-state index contributed by atoms with van der Waals surface area (Å²) in [6.45, 7) is 1.76. The standard InChI is InChI=1S/C18H20N4O3S/c1-4-14(23)22-13(11-8-6-5-7-9-11)10-12(19-22)15-16(24)20(2)18(26)21(3)17(15)25/h5-9,13,24H,4,10H2,1-3H3/t13-/m1/s1. The van der Waals surface area contributed by atoms with E-state index in [9.17, 15) is 14.7 Å². The topological polar surface area (TPSA) is 79.8 Å². The number of rotatable bonds is 3. The predicted octanol–water partition coefficient (Wildman–Crippen LogP) is 2.25. The number of hydrogen-bond acceptors (Lipinski definition) is 5. The molecule has 26 heavy (non-hydrogen) atoms. The second-order valence-corrected chi connectivity index (χ2v) is 6.54. The number of carbonyl (C=O) groups is 1. The quantitative estimate of drug-likeness (QED) is 0.838. The van der Waals surface area contributed by atoms with Gasteiger partial charge in [-0.2, -0.15) is 5.10 Å². The average molecular weight is 372 g/mol. The van der Waals surface area contributed by atoms with Crippen molar-refractivity contribution < 1.29 is 9.90 Å². The molecule has 0 spiro atoms. The van der Waals surface area contributed by atoms with E-state index in [1.54, 1.807) is 21.0 Å². The zero-order valence-electron chi connectivity index (χ0n) is 14.8. The molecule has 0 unspecified atom stereocenters. The van der Waals surface area contributed by atoms with Gasteiger partial charge in [0.15, 0.2) is 4.77 Å². The minimum absolute atomic E-state index is 0.0796. The number of benzene rings is 1. The SMILES string of the molecule is CCC(=O)N1N=C(c2c(O)n(C)c(=S)n(C)c2=O)C[C@@H]1c1ccccc1. The summed E-state index contributed by atoms with van der Waals surface area (Å²) in [5.74, 6) is -0.385. The highest BCUT2D eigenvalue weighted by Crippen LogP contribution is 2.34. The lowest BCUT2D eigenvalue weighted by atomic mass is 9.99. The molecule has 1 aromatic heterocycles. The average Bonchev–Trinajstić information content (AvgIpc) is 3.10. The van der Waals surface area contributed by atoms with Crippen LogP contribution in [0.3, 0.4) is 0 Å². The molecule has 3 rings (SSSR count). The lowest BCUT2D eigenvalue weighted by molar-refractivity contribution is -0.132. The Kier molecular flexibility index (Phi) is 4.78. The van der Waals surface area contributed by atoms with Crippen molar-refractivity contribution in [2.75, 3.05) is 0 Å². The minimum atomic E-state index is -0.429. The lowest BCUT2D eigenvalue weighted by Gasteiger charge is -2.21. The summed E-state index contributed by atoms with van der Waals surface area (Å²) in [6, 6.07) is 9.22. The number of hydrazone groups is 1. The van der Waals surface area contributed by atoms with Crippen molar-refractivity contribution in [2.45, 2.75) is 25.8 Å². The molecule has 1 aliphatic rings. The van der Waals surface area contributed by atoms with Crippen molar-refractivity contribution >= 4 is 23.8 Å². The van der Waals surface area contributed by atoms with Crippen LogP contribution in [0.1, 0.15) is 36.9 Å². The third kappa shape index (κ3) is 2.86. The van der Waals surface area contributed by atoms with Crippen molar-refractivity contribution in [1.29, 1.82) is 0 Å². The third-order valence-electron chi connectivity index (χ3n) is 4.57. The second-order valence-electron chi connectivity index (χ2n) is 6.17. The summed E-state index contributed by atoms with van der Waals surface area (Å²) in [7, 11) is 3.13. The van der Waals surface area contributed by atoms with E-state index in [-0.39, 0.29) is 28.2 Å². The largest absolute Gasteiger partial charge is 0.494 e. The predicted molar refractivity (Wildman–Crippen MR) is 101 cm³/mol. The molecule has 1 amide bonds. The summed E-state index contributed by atoms with van der Waals surface area (Å²) in [4.78, 5) is 25.1. The van der Waals surface area contributed by atoms with E-state index in [2.05, 4.69) is 5.10 Å². The van der Waals surface area contributed by atoms with Gasteiger partial charge < -0.3 is 5.11 Å². The van der Waals surface area contributed by atoms with Crippen LogP contribution in [-0.4, -0.2) is 30.9 Å². The van der Waals surface area contributed by atoms with Gasteiger partial charge in [0.1, 0.15) is 5.56 Å². The zero-order chi connectivity index (χ0) is 19.0. The highest BCUT2D eigenvalue weighted by atomic mass is 32.1. The van der Waals surface area contributed by atoms with Crippen LogP contribution in [0.4, 0.5) is 0 Å². The Bertz CT molecular complexity index is 1010. The van der Waals surface area contributed by atoms with Crippen molar-refractivity contribution in [3.05, 3.63) is 56.6 Å². The van der Waals surface area contributed by atoms with Gasteiger partial charge in [0.05, 0.1) is 11.8 Å². The maximum atomic E-state index is 12.7. The van der Waals surface area contributed by atoms with E-state index in [0.29, 0.717) is 18.6 Å². The van der Waals surface area contributed by atoms with Crippen LogP contribution in [0, 0.1) is 4.77 Å². The molecule has 0 bridgehead atoms. The van der Waals surface area contributed by atoms with Gasteiger partial charge in [-0.15, -0.1) is 0 Å². The van der Waals surface area contributed by atoms with Gasteiger partial charge >= 0.3 is 0 Å². The van der Waals surface area contributed by atoms with E-state index >= 15 is 0 Å². The van der Waals surface area contributed by atoms with Gasteiger partial charge in [0.2, 0.25) is 11.8 Å². The first-order valence-electron chi connectivity index (χ1n) is 8.30. The number of aromatic nitrogens is 2. The maximum absolute atomic E-state index is 12.7. The highest BCUT2D eigenvalue weighted by molar-refractivity contribution is 7.71. The van der Waals surface area contributed by atoms with Gasteiger partial charge in [0, 0.05) is 26.9 Å². The van der Waals surface area contributed by atoms with E-state index in [1.165, 1.54) is 14.1 Å². The molecule has 1 N–H and O–H groups in total. The van der Waals surface area contributed by atoms with Crippen LogP contribution in [0.15, 0.2) is 40.2 Å². The van der Waals surface area contributed by atoms with Crippen molar-refractivity contribution in [3.63, 3.8) is 0 Å². The normalized spacial score (nSPS) is 16.7. The van der Waals surface area contributed by atoms with E-state index in [1.807, 2.05) is 30.3 Å². The van der Waals surface area contributed by atoms with E-state index in [4.69, 9.17) is 12.2 Å². The third-order valence-corrected chi connectivity index (χ3v) is 5.12. The molecule has 1 aromatic carbocycles. The minimum Gasteiger partial charge on any atom is -0.494 e. The first-order chi connectivity index (χ1) is 12.4. The number of amides is 1. The summed E-state index contributed by atoms with van der Waals surface area (Å²) in [5.41, 5.74) is 0.955. The highest BCUT2D eigenvalue weighted by Gasteiger charge is 2.35. The molecule has 2 heterocycles. The molecule has 0 fully saturated rings. The monoisotopic (exact) mass is 372 g/mol. The van der Waals surface area contributed by atoms with Crippen molar-refractivity contribution in [1.82, 2.24) is 14.1 Å². The molecule has 1 atom stereocenters. The van der Waals surface area contributed by atoms with Crippen LogP contribution in [-0.2, 0) is 18.9 Å². The van der Waals surface area contributed by atoms with Crippen LogP contribution >= 0.6 is 12.2 Å². The zero-order valence-corrected chi connectivity index (χ0v) is 15.7. The van der Waals surface area contributed by atoms with Crippen LogP contribution in [0.25, 0.3) is 0 Å². The van der Waals surface area contributed by atoms with E-state index in [0.717, 1.165) is 5.56 Å². The fourth-order valence-corrected chi connectivity index (χ4v) is 3.24. The van der Waals surface area contributed by atoms with Gasteiger partial charge in [-0.25, -0.2) is 5.01 Å². The molecule has 8 heteroatoms. The van der Waals surface area contributed by atoms with Crippen molar-refractivity contribution in [3.8, 4) is 5.88 Å².